The number of aromatic nitrogens is 3. The fourth-order valence-corrected chi connectivity index (χ4v) is 5.22. The summed E-state index contributed by atoms with van der Waals surface area (Å²) >= 11 is 0. The van der Waals surface area contributed by atoms with Crippen molar-refractivity contribution in [3.8, 4) is 22.4 Å². The average Bonchev–Trinajstić information content (AvgIpc) is 3.15. The van der Waals surface area contributed by atoms with Crippen LogP contribution in [0, 0.1) is 12.8 Å². The van der Waals surface area contributed by atoms with E-state index in [1.165, 1.54) is 25.7 Å². The number of amides is 1. The lowest BCUT2D eigenvalue weighted by Gasteiger charge is -2.13. The van der Waals surface area contributed by atoms with Gasteiger partial charge in [0.2, 0.25) is 0 Å². The highest BCUT2D eigenvalue weighted by molar-refractivity contribution is 6.00. The topological polar surface area (TPSA) is 51.0 Å². The van der Waals surface area contributed by atoms with Gasteiger partial charge in [0.1, 0.15) is 0 Å². The normalized spacial score (nSPS) is 18.7. The van der Waals surface area contributed by atoms with Gasteiger partial charge in [-0.15, -0.1) is 0 Å². The number of pyridine rings is 1. The summed E-state index contributed by atoms with van der Waals surface area (Å²) in [5, 5.41) is 4.65. The molecule has 3 aliphatic rings. The highest BCUT2D eigenvalue weighted by Gasteiger charge is 2.38. The molecule has 0 N–H and O–H groups in total. The zero-order chi connectivity index (χ0) is 20.9. The van der Waals surface area contributed by atoms with E-state index < -0.39 is 0 Å². The zero-order valence-corrected chi connectivity index (χ0v) is 18.1. The van der Waals surface area contributed by atoms with Crippen LogP contribution in [-0.4, -0.2) is 31.6 Å². The van der Waals surface area contributed by atoms with E-state index in [0.717, 1.165) is 71.1 Å². The predicted molar refractivity (Wildman–Crippen MR) is 120 cm³/mol. The van der Waals surface area contributed by atoms with Crippen molar-refractivity contribution in [1.82, 2.24) is 19.7 Å². The summed E-state index contributed by atoms with van der Waals surface area (Å²) in [5.74, 6) is 0.929. The molecule has 0 unspecified atom stereocenters. The van der Waals surface area contributed by atoms with Crippen LogP contribution in [0.4, 0.5) is 0 Å². The molecule has 0 saturated heterocycles. The number of nitrogens with zero attached hydrogens (tertiary/aromatic N) is 4. The number of carbonyl (C=O) groups excluding carboxylic acids is 1. The maximum atomic E-state index is 12.9. The first kappa shape index (κ1) is 18.8. The van der Waals surface area contributed by atoms with Crippen LogP contribution in [0.25, 0.3) is 22.4 Å². The van der Waals surface area contributed by atoms with Gasteiger partial charge in [0.05, 0.1) is 11.9 Å². The standard InChI is InChI=1S/C26H28N4O/c1-17-6-11-23(21-13-27-29(15-21)14-18-4-2-3-5-18)25(28-17)19-7-8-20-16-30(22-9-10-22)26(31)24(20)12-19/h6-8,11-13,15,18,22H,2-5,9-10,14,16H2,1H3. The van der Waals surface area contributed by atoms with Crippen molar-refractivity contribution in [2.45, 2.75) is 64.6 Å². The number of benzene rings is 1. The minimum atomic E-state index is 0.179. The first-order valence-electron chi connectivity index (χ1n) is 11.6. The van der Waals surface area contributed by atoms with Gasteiger partial charge >= 0.3 is 0 Å². The van der Waals surface area contributed by atoms with Crippen LogP contribution in [-0.2, 0) is 13.1 Å². The quantitative estimate of drug-likeness (QED) is 0.577. The highest BCUT2D eigenvalue weighted by atomic mass is 16.2. The minimum Gasteiger partial charge on any atom is -0.331 e. The molecule has 0 bridgehead atoms. The zero-order valence-electron chi connectivity index (χ0n) is 18.1. The Morgan fingerprint density at radius 2 is 1.84 bits per heavy atom. The van der Waals surface area contributed by atoms with Crippen LogP contribution in [0.3, 0.4) is 0 Å². The van der Waals surface area contributed by atoms with Crippen LogP contribution in [0.2, 0.25) is 0 Å². The van der Waals surface area contributed by atoms with E-state index in [9.17, 15) is 4.79 Å². The number of hydrogen-bond acceptors (Lipinski definition) is 3. The molecule has 2 aromatic heterocycles. The molecule has 1 aromatic carbocycles. The number of carbonyl (C=O) groups is 1. The summed E-state index contributed by atoms with van der Waals surface area (Å²) in [6, 6.07) is 10.9. The molecule has 1 aliphatic heterocycles. The van der Waals surface area contributed by atoms with Crippen molar-refractivity contribution in [1.29, 1.82) is 0 Å². The number of fused-ring (bicyclic) bond motifs is 1. The van der Waals surface area contributed by atoms with Gasteiger partial charge in [-0.3, -0.25) is 14.5 Å². The maximum absolute atomic E-state index is 12.9. The first-order chi connectivity index (χ1) is 15.2. The molecule has 1 amide bonds. The summed E-state index contributed by atoms with van der Waals surface area (Å²) in [7, 11) is 0. The largest absolute Gasteiger partial charge is 0.331 e. The molecular formula is C26H28N4O. The second kappa shape index (κ2) is 7.33. The Bertz CT molecular complexity index is 1150. The van der Waals surface area contributed by atoms with Crippen LogP contribution in [0.15, 0.2) is 42.7 Å². The molecule has 0 atom stereocenters. The smallest absolute Gasteiger partial charge is 0.254 e. The van der Waals surface area contributed by atoms with Crippen molar-refractivity contribution in [3.63, 3.8) is 0 Å². The molecule has 5 nitrogen and oxygen atoms in total. The van der Waals surface area contributed by atoms with Crippen molar-refractivity contribution in [3.05, 3.63) is 59.5 Å². The fraction of sp³-hybridized carbons (Fsp3) is 0.423. The highest BCUT2D eigenvalue weighted by Crippen LogP contribution is 2.38. The second-order valence-electron chi connectivity index (χ2n) is 9.49. The van der Waals surface area contributed by atoms with Crippen LogP contribution < -0.4 is 0 Å². The monoisotopic (exact) mass is 412 g/mol. The molecular weight excluding hydrogens is 384 g/mol. The Kier molecular flexibility index (Phi) is 4.44. The third kappa shape index (κ3) is 3.46. The van der Waals surface area contributed by atoms with Gasteiger partial charge in [-0.25, -0.2) is 0 Å². The van der Waals surface area contributed by atoms with Gasteiger partial charge in [-0.2, -0.15) is 5.10 Å². The third-order valence-electron chi connectivity index (χ3n) is 7.10. The Labute approximate surface area is 183 Å². The lowest BCUT2D eigenvalue weighted by Crippen LogP contribution is -2.25. The Balaban J connectivity index is 1.35. The van der Waals surface area contributed by atoms with E-state index in [4.69, 9.17) is 4.98 Å². The summed E-state index contributed by atoms with van der Waals surface area (Å²) in [6.07, 6.45) is 11.7. The van der Waals surface area contributed by atoms with Crippen LogP contribution in [0.1, 0.15) is 60.1 Å². The summed E-state index contributed by atoms with van der Waals surface area (Å²) in [5.41, 5.74) is 7.06. The minimum absolute atomic E-state index is 0.179. The maximum Gasteiger partial charge on any atom is 0.254 e. The average molecular weight is 413 g/mol. The lowest BCUT2D eigenvalue weighted by atomic mass is 9.98. The van der Waals surface area contributed by atoms with Gasteiger partial charge in [-0.05, 0) is 56.2 Å². The van der Waals surface area contributed by atoms with E-state index >= 15 is 0 Å². The van der Waals surface area contributed by atoms with E-state index in [2.05, 4.69) is 40.2 Å². The van der Waals surface area contributed by atoms with Crippen LogP contribution >= 0.6 is 0 Å². The van der Waals surface area contributed by atoms with E-state index in [1.54, 1.807) is 0 Å². The van der Waals surface area contributed by atoms with Gasteiger partial charge in [0.15, 0.2) is 0 Å². The number of rotatable bonds is 5. The number of hydrogen-bond donors (Lipinski definition) is 0. The molecule has 2 saturated carbocycles. The molecule has 3 aromatic rings. The molecule has 158 valence electrons. The Morgan fingerprint density at radius 1 is 1.00 bits per heavy atom. The predicted octanol–water partition coefficient (Wildman–Crippen LogP) is 5.23. The van der Waals surface area contributed by atoms with Crippen molar-refractivity contribution in [2.75, 3.05) is 0 Å². The molecule has 0 spiro atoms. The van der Waals surface area contributed by atoms with E-state index in [-0.39, 0.29) is 5.91 Å². The third-order valence-corrected chi connectivity index (χ3v) is 7.10. The number of aryl methyl sites for hydroxylation is 1. The Hall–Kier alpha value is -2.95. The van der Waals surface area contributed by atoms with Gasteiger partial charge < -0.3 is 4.90 Å². The Morgan fingerprint density at radius 3 is 2.65 bits per heavy atom. The summed E-state index contributed by atoms with van der Waals surface area (Å²) < 4.78 is 2.09. The molecule has 6 rings (SSSR count). The fourth-order valence-electron chi connectivity index (χ4n) is 5.22. The van der Waals surface area contributed by atoms with Crippen LogP contribution in [0.5, 0.6) is 0 Å². The second-order valence-corrected chi connectivity index (χ2v) is 9.49. The molecule has 31 heavy (non-hydrogen) atoms. The van der Waals surface area contributed by atoms with E-state index in [0.29, 0.717) is 6.04 Å². The molecule has 2 aliphatic carbocycles. The summed E-state index contributed by atoms with van der Waals surface area (Å²) in [4.78, 5) is 19.9. The van der Waals surface area contributed by atoms with E-state index in [1.807, 2.05) is 24.1 Å². The molecule has 5 heteroatoms. The first-order valence-corrected chi connectivity index (χ1v) is 11.6. The van der Waals surface area contributed by atoms with Gasteiger partial charge in [-0.1, -0.05) is 31.0 Å². The van der Waals surface area contributed by atoms with Crippen molar-refractivity contribution >= 4 is 5.91 Å². The van der Waals surface area contributed by atoms with Gasteiger partial charge in [0, 0.05) is 53.3 Å². The molecule has 2 fully saturated rings. The van der Waals surface area contributed by atoms with Crippen molar-refractivity contribution in [2.24, 2.45) is 5.92 Å². The molecule has 3 heterocycles. The lowest BCUT2D eigenvalue weighted by molar-refractivity contribution is 0.0766. The SMILES string of the molecule is Cc1ccc(-c2cnn(CC3CCCC3)c2)c(-c2ccc3c(c2)C(=O)N(C2CC2)C3)n1. The van der Waals surface area contributed by atoms with Gasteiger partial charge in [0.25, 0.3) is 5.91 Å². The van der Waals surface area contributed by atoms with Crippen molar-refractivity contribution < 1.29 is 4.79 Å². The summed E-state index contributed by atoms with van der Waals surface area (Å²) in [6.45, 7) is 3.77. The molecule has 0 radical (unpaired) electrons.